The van der Waals surface area contributed by atoms with E-state index >= 15 is 0 Å². The van der Waals surface area contributed by atoms with E-state index in [9.17, 15) is 9.18 Å². The number of benzene rings is 2. The first-order chi connectivity index (χ1) is 10.1. The van der Waals surface area contributed by atoms with Gasteiger partial charge in [-0.05, 0) is 30.7 Å². The van der Waals surface area contributed by atoms with Gasteiger partial charge in [-0.25, -0.2) is 4.39 Å². The summed E-state index contributed by atoms with van der Waals surface area (Å²) in [5, 5.41) is 2.83. The third-order valence-electron chi connectivity index (χ3n) is 3.55. The lowest BCUT2D eigenvalue weighted by atomic mass is 10.1. The molecule has 21 heavy (non-hydrogen) atoms. The first-order valence-electron chi connectivity index (χ1n) is 6.82. The number of nitrogens with zero attached hydrogens (tertiary/aromatic N) is 1. The number of carbonyl (C=O) groups is 1. The molecule has 4 heteroatoms. The molecule has 0 spiro atoms. The van der Waals surface area contributed by atoms with Crippen LogP contribution in [-0.2, 0) is 11.2 Å². The highest BCUT2D eigenvalue weighted by molar-refractivity contribution is 6.10. The number of hydrogen-bond acceptors (Lipinski definition) is 2. The van der Waals surface area contributed by atoms with E-state index in [0.29, 0.717) is 23.4 Å². The van der Waals surface area contributed by atoms with Crippen molar-refractivity contribution in [1.82, 2.24) is 0 Å². The molecule has 0 saturated carbocycles. The number of aliphatic imine (C=N–C) groups is 1. The molecule has 1 amide bonds. The average Bonchev–Trinajstić information content (AvgIpc) is 2.59. The third-order valence-corrected chi connectivity index (χ3v) is 3.55. The zero-order valence-electron chi connectivity index (χ0n) is 11.6. The number of nitrogens with one attached hydrogen (secondary N) is 1. The predicted octanol–water partition coefficient (Wildman–Crippen LogP) is 3.20. The molecule has 0 aliphatic carbocycles. The molecular formula is C17H15FN2O. The summed E-state index contributed by atoms with van der Waals surface area (Å²) in [5.41, 5.74) is 2.97. The number of amides is 1. The van der Waals surface area contributed by atoms with Crippen LogP contribution in [-0.4, -0.2) is 17.7 Å². The largest absolute Gasteiger partial charge is 0.324 e. The van der Waals surface area contributed by atoms with Gasteiger partial charge < -0.3 is 5.32 Å². The Balaban J connectivity index is 1.94. The second-order valence-corrected chi connectivity index (χ2v) is 5.10. The summed E-state index contributed by atoms with van der Waals surface area (Å²) in [6.07, 6.45) is 0.528. The van der Waals surface area contributed by atoms with Gasteiger partial charge in [-0.2, -0.15) is 0 Å². The second kappa shape index (κ2) is 5.48. The molecule has 1 unspecified atom stereocenters. The van der Waals surface area contributed by atoms with Gasteiger partial charge >= 0.3 is 0 Å². The molecule has 2 aromatic rings. The Bertz CT molecular complexity index is 710. The van der Waals surface area contributed by atoms with E-state index in [2.05, 4.69) is 10.3 Å². The van der Waals surface area contributed by atoms with Crippen molar-refractivity contribution < 1.29 is 9.18 Å². The lowest BCUT2D eigenvalue weighted by Crippen LogP contribution is -2.27. The minimum Gasteiger partial charge on any atom is -0.324 e. The summed E-state index contributed by atoms with van der Waals surface area (Å²) in [7, 11) is 0. The summed E-state index contributed by atoms with van der Waals surface area (Å²) < 4.78 is 13.4. The Labute approximate surface area is 122 Å². The molecule has 3 rings (SSSR count). The van der Waals surface area contributed by atoms with Crippen LogP contribution in [0.5, 0.6) is 0 Å². The van der Waals surface area contributed by atoms with Gasteiger partial charge in [0.25, 0.3) is 0 Å². The zero-order chi connectivity index (χ0) is 14.8. The van der Waals surface area contributed by atoms with Crippen LogP contribution in [0.1, 0.15) is 18.1 Å². The SMILES string of the molecule is CC1=NC(Cc2ccccc2)C(=O)Nc2ccc(F)cc21. The molecule has 0 bridgehead atoms. The summed E-state index contributed by atoms with van der Waals surface area (Å²) in [5.74, 6) is -0.498. The van der Waals surface area contributed by atoms with Crippen LogP contribution in [0.2, 0.25) is 0 Å². The Hall–Kier alpha value is -2.49. The van der Waals surface area contributed by atoms with E-state index in [0.717, 1.165) is 5.56 Å². The van der Waals surface area contributed by atoms with Gasteiger partial charge in [0, 0.05) is 17.7 Å². The molecule has 1 aliphatic heterocycles. The Morgan fingerprint density at radius 2 is 1.95 bits per heavy atom. The monoisotopic (exact) mass is 282 g/mol. The second-order valence-electron chi connectivity index (χ2n) is 5.10. The topological polar surface area (TPSA) is 41.5 Å². The van der Waals surface area contributed by atoms with Crippen LogP contribution in [0.15, 0.2) is 53.5 Å². The summed E-state index contributed by atoms with van der Waals surface area (Å²) in [4.78, 5) is 16.8. The summed E-state index contributed by atoms with van der Waals surface area (Å²) >= 11 is 0. The smallest absolute Gasteiger partial charge is 0.249 e. The zero-order valence-corrected chi connectivity index (χ0v) is 11.6. The summed E-state index contributed by atoms with van der Waals surface area (Å²) in [6.45, 7) is 1.80. The highest BCUT2D eigenvalue weighted by Crippen LogP contribution is 2.23. The van der Waals surface area contributed by atoms with Crippen molar-refractivity contribution in [2.75, 3.05) is 5.32 Å². The lowest BCUT2D eigenvalue weighted by Gasteiger charge is -2.10. The quantitative estimate of drug-likeness (QED) is 0.903. The van der Waals surface area contributed by atoms with Crippen LogP contribution >= 0.6 is 0 Å². The molecule has 1 N–H and O–H groups in total. The van der Waals surface area contributed by atoms with Gasteiger partial charge in [-0.1, -0.05) is 30.3 Å². The van der Waals surface area contributed by atoms with E-state index in [1.807, 2.05) is 30.3 Å². The van der Waals surface area contributed by atoms with Crippen molar-refractivity contribution in [2.24, 2.45) is 4.99 Å². The van der Waals surface area contributed by atoms with Crippen LogP contribution in [0.25, 0.3) is 0 Å². The van der Waals surface area contributed by atoms with Gasteiger partial charge in [0.15, 0.2) is 0 Å². The van der Waals surface area contributed by atoms with Crippen molar-refractivity contribution in [3.8, 4) is 0 Å². The number of benzodiazepines with no additional fused rings is 1. The minimum absolute atomic E-state index is 0.163. The molecule has 3 nitrogen and oxygen atoms in total. The highest BCUT2D eigenvalue weighted by Gasteiger charge is 2.23. The van der Waals surface area contributed by atoms with Crippen molar-refractivity contribution in [1.29, 1.82) is 0 Å². The van der Waals surface area contributed by atoms with Crippen molar-refractivity contribution in [3.05, 3.63) is 65.5 Å². The Morgan fingerprint density at radius 1 is 1.19 bits per heavy atom. The van der Waals surface area contributed by atoms with Crippen LogP contribution in [0, 0.1) is 5.82 Å². The average molecular weight is 282 g/mol. The number of rotatable bonds is 2. The molecule has 0 saturated heterocycles. The van der Waals surface area contributed by atoms with Gasteiger partial charge in [-0.15, -0.1) is 0 Å². The molecule has 0 fully saturated rings. The van der Waals surface area contributed by atoms with Crippen LogP contribution in [0.3, 0.4) is 0 Å². The van der Waals surface area contributed by atoms with Gasteiger partial charge in [0.1, 0.15) is 11.9 Å². The molecule has 0 aromatic heterocycles. The van der Waals surface area contributed by atoms with E-state index in [1.165, 1.54) is 12.1 Å². The number of carbonyl (C=O) groups excluding carboxylic acids is 1. The van der Waals surface area contributed by atoms with Crippen molar-refractivity contribution in [2.45, 2.75) is 19.4 Å². The van der Waals surface area contributed by atoms with E-state index in [1.54, 1.807) is 13.0 Å². The fourth-order valence-corrected chi connectivity index (χ4v) is 2.48. The van der Waals surface area contributed by atoms with Gasteiger partial charge in [0.2, 0.25) is 5.91 Å². The molecule has 2 aromatic carbocycles. The fourth-order valence-electron chi connectivity index (χ4n) is 2.48. The molecule has 106 valence electrons. The lowest BCUT2D eigenvalue weighted by molar-refractivity contribution is -0.117. The predicted molar refractivity (Wildman–Crippen MR) is 81.2 cm³/mol. The first-order valence-corrected chi connectivity index (χ1v) is 6.82. The number of fused-ring (bicyclic) bond motifs is 1. The number of hydrogen-bond donors (Lipinski definition) is 1. The van der Waals surface area contributed by atoms with E-state index in [-0.39, 0.29) is 11.7 Å². The van der Waals surface area contributed by atoms with Crippen molar-refractivity contribution in [3.63, 3.8) is 0 Å². The normalized spacial score (nSPS) is 17.5. The third kappa shape index (κ3) is 2.84. The Morgan fingerprint density at radius 3 is 2.71 bits per heavy atom. The molecule has 1 aliphatic rings. The maximum Gasteiger partial charge on any atom is 0.249 e. The van der Waals surface area contributed by atoms with E-state index < -0.39 is 6.04 Å². The maximum absolute atomic E-state index is 13.4. The minimum atomic E-state index is -0.497. The number of halogens is 1. The van der Waals surface area contributed by atoms with Crippen LogP contribution in [0.4, 0.5) is 10.1 Å². The molecule has 1 heterocycles. The van der Waals surface area contributed by atoms with Crippen LogP contribution < -0.4 is 5.32 Å². The number of anilines is 1. The maximum atomic E-state index is 13.4. The first kappa shape index (κ1) is 13.5. The summed E-state index contributed by atoms with van der Waals surface area (Å²) in [6, 6.07) is 13.6. The van der Waals surface area contributed by atoms with Gasteiger partial charge in [-0.3, -0.25) is 9.79 Å². The van der Waals surface area contributed by atoms with Crippen molar-refractivity contribution >= 4 is 17.3 Å². The molecule has 0 radical (unpaired) electrons. The van der Waals surface area contributed by atoms with Gasteiger partial charge in [0.05, 0.1) is 5.69 Å². The standard InChI is InChI=1S/C17H15FN2O/c1-11-14-10-13(18)7-8-15(14)20-17(21)16(19-11)9-12-5-3-2-4-6-12/h2-8,10,16H,9H2,1H3,(H,20,21). The fraction of sp³-hybridized carbons (Fsp3) is 0.176. The molecule has 1 atom stereocenters. The highest BCUT2D eigenvalue weighted by atomic mass is 19.1. The molecular weight excluding hydrogens is 267 g/mol. The van der Waals surface area contributed by atoms with E-state index in [4.69, 9.17) is 0 Å². The Kier molecular flexibility index (Phi) is 3.52.